The first kappa shape index (κ1) is 13.5. The van der Waals surface area contributed by atoms with Gasteiger partial charge in [-0.25, -0.2) is 0 Å². The molecule has 17 heavy (non-hydrogen) atoms. The number of carbonyl (C=O) groups is 1. The molecule has 1 rings (SSSR count). The van der Waals surface area contributed by atoms with Gasteiger partial charge in [-0.3, -0.25) is 4.79 Å². The van der Waals surface area contributed by atoms with Crippen molar-refractivity contribution < 1.29 is 4.79 Å². The Hall–Kier alpha value is -1.60. The van der Waals surface area contributed by atoms with Gasteiger partial charge in [-0.05, 0) is 25.5 Å². The van der Waals surface area contributed by atoms with Crippen LogP contribution in [0.1, 0.15) is 19.4 Å². The van der Waals surface area contributed by atoms with Crippen LogP contribution in [0.4, 0.5) is 0 Å². The van der Waals surface area contributed by atoms with Gasteiger partial charge in [0.05, 0.1) is 0 Å². The predicted molar refractivity (Wildman–Crippen MR) is 74.1 cm³/mol. The van der Waals surface area contributed by atoms with E-state index in [9.17, 15) is 4.79 Å². The molecule has 0 unspecified atom stereocenters. The lowest BCUT2D eigenvalue weighted by Crippen LogP contribution is -2.03. The van der Waals surface area contributed by atoms with E-state index < -0.39 is 0 Å². The Balaban J connectivity index is 3.30. The first-order valence-electron chi connectivity index (χ1n) is 5.37. The van der Waals surface area contributed by atoms with Gasteiger partial charge in [0.15, 0.2) is 5.78 Å². The Bertz CT molecular complexity index is 495. The maximum Gasteiger partial charge on any atom is 0.189 e. The van der Waals surface area contributed by atoms with E-state index >= 15 is 0 Å². The molecule has 0 aromatic heterocycles. The van der Waals surface area contributed by atoms with E-state index in [-0.39, 0.29) is 5.78 Å². The minimum atomic E-state index is -0.0273. The van der Waals surface area contributed by atoms with Gasteiger partial charge < -0.3 is 0 Å². The normalized spacial score (nSPS) is 12.4. The van der Waals surface area contributed by atoms with Crippen molar-refractivity contribution in [2.24, 2.45) is 0 Å². The van der Waals surface area contributed by atoms with Crippen LogP contribution < -0.4 is 0 Å². The average molecular weight is 247 g/mol. The number of carbonyl (C=O) groups excluding carboxylic acids is 1. The molecule has 0 N–H and O–H groups in total. The molecule has 0 aliphatic rings. The Labute approximate surface area is 107 Å². The van der Waals surface area contributed by atoms with Crippen molar-refractivity contribution in [3.05, 3.63) is 65.2 Å². The van der Waals surface area contributed by atoms with Gasteiger partial charge in [0, 0.05) is 16.2 Å². The highest BCUT2D eigenvalue weighted by Crippen LogP contribution is 2.26. The molecule has 0 heterocycles. The maximum absolute atomic E-state index is 12.2. The zero-order valence-corrected chi connectivity index (χ0v) is 10.8. The molecule has 88 valence electrons. The maximum atomic E-state index is 12.2. The van der Waals surface area contributed by atoms with Crippen LogP contribution in [0.3, 0.4) is 0 Å². The van der Waals surface area contributed by atoms with E-state index in [1.807, 2.05) is 25.1 Å². The second-order valence-corrected chi connectivity index (χ2v) is 4.00. The minimum Gasteiger partial charge on any atom is -0.289 e. The molecule has 0 aliphatic carbocycles. The van der Waals surface area contributed by atoms with E-state index in [0.29, 0.717) is 16.2 Å². The molecule has 0 saturated heterocycles. The zero-order valence-electron chi connectivity index (χ0n) is 10.0. The number of hydrogen-bond acceptors (Lipinski definition) is 1. The summed E-state index contributed by atoms with van der Waals surface area (Å²) in [5, 5.41) is 0.567. The Morgan fingerprint density at radius 1 is 1.35 bits per heavy atom. The topological polar surface area (TPSA) is 17.1 Å². The third kappa shape index (κ3) is 3.18. The fourth-order valence-corrected chi connectivity index (χ4v) is 1.67. The number of Topliss-reactive ketones (excluding diaryl/α,β-unsaturated/α-hetero) is 1. The molecule has 0 saturated carbocycles. The summed E-state index contributed by atoms with van der Waals surface area (Å²) in [6.45, 7) is 7.26. The average Bonchev–Trinajstić information content (AvgIpc) is 2.35. The second kappa shape index (κ2) is 6.21. The van der Waals surface area contributed by atoms with Gasteiger partial charge in [-0.15, -0.1) is 0 Å². The lowest BCUT2D eigenvalue weighted by molar-refractivity contribution is -0.110. The summed E-state index contributed by atoms with van der Waals surface area (Å²) in [4.78, 5) is 12.2. The monoisotopic (exact) mass is 246 g/mol. The van der Waals surface area contributed by atoms with Crippen LogP contribution in [-0.4, -0.2) is 5.78 Å². The van der Waals surface area contributed by atoms with Crippen LogP contribution in [0.25, 0.3) is 5.57 Å². The van der Waals surface area contributed by atoms with Gasteiger partial charge in [-0.2, -0.15) is 0 Å². The van der Waals surface area contributed by atoms with Gasteiger partial charge in [0.1, 0.15) is 0 Å². The van der Waals surface area contributed by atoms with Crippen LogP contribution in [0.15, 0.2) is 54.6 Å². The number of rotatable bonds is 4. The molecule has 0 amide bonds. The van der Waals surface area contributed by atoms with Crippen LogP contribution in [-0.2, 0) is 4.79 Å². The molecule has 1 nitrogen and oxygen atoms in total. The Kier molecular flexibility index (Phi) is 4.92. The van der Waals surface area contributed by atoms with Crippen molar-refractivity contribution in [1.82, 2.24) is 0 Å². The zero-order chi connectivity index (χ0) is 12.8. The van der Waals surface area contributed by atoms with Crippen molar-refractivity contribution in [3.8, 4) is 0 Å². The molecule has 2 heteroatoms. The van der Waals surface area contributed by atoms with Gasteiger partial charge in [0.25, 0.3) is 0 Å². The largest absolute Gasteiger partial charge is 0.289 e. The lowest BCUT2D eigenvalue weighted by Gasteiger charge is -2.08. The number of benzene rings is 1. The molecule has 1 aromatic carbocycles. The van der Waals surface area contributed by atoms with Crippen LogP contribution >= 0.6 is 11.6 Å². The number of halogens is 1. The van der Waals surface area contributed by atoms with E-state index in [4.69, 9.17) is 11.6 Å². The summed E-state index contributed by atoms with van der Waals surface area (Å²) >= 11 is 6.10. The highest BCUT2D eigenvalue weighted by atomic mass is 35.5. The number of allylic oxidation sites excluding steroid dienone is 5. The Morgan fingerprint density at radius 3 is 2.53 bits per heavy atom. The number of hydrogen-bond donors (Lipinski definition) is 0. The van der Waals surface area contributed by atoms with Crippen LogP contribution in [0.2, 0.25) is 5.02 Å². The van der Waals surface area contributed by atoms with E-state index in [1.54, 1.807) is 31.2 Å². The predicted octanol–water partition coefficient (Wildman–Crippen LogP) is 4.44. The molecular formula is C15H15ClO. The highest BCUT2D eigenvalue weighted by molar-refractivity contribution is 6.37. The van der Waals surface area contributed by atoms with Crippen molar-refractivity contribution in [2.75, 3.05) is 0 Å². The van der Waals surface area contributed by atoms with Crippen molar-refractivity contribution >= 4 is 23.0 Å². The smallest absolute Gasteiger partial charge is 0.189 e. The van der Waals surface area contributed by atoms with Crippen LogP contribution in [0, 0.1) is 0 Å². The van der Waals surface area contributed by atoms with Crippen molar-refractivity contribution in [3.63, 3.8) is 0 Å². The summed E-state index contributed by atoms with van der Waals surface area (Å²) in [5.74, 6) is -0.0273. The third-order valence-electron chi connectivity index (χ3n) is 2.48. The second-order valence-electron chi connectivity index (χ2n) is 3.60. The molecule has 0 atom stereocenters. The molecule has 0 radical (unpaired) electrons. The molecule has 0 fully saturated rings. The lowest BCUT2D eigenvalue weighted by atomic mass is 9.97. The quantitative estimate of drug-likeness (QED) is 0.567. The summed E-state index contributed by atoms with van der Waals surface area (Å²) in [6, 6.07) is 7.30. The Morgan fingerprint density at radius 2 is 2.00 bits per heavy atom. The molecular weight excluding hydrogens is 232 g/mol. The molecule has 0 spiro atoms. The molecule has 0 aliphatic heterocycles. The van der Waals surface area contributed by atoms with Crippen molar-refractivity contribution in [1.29, 1.82) is 0 Å². The van der Waals surface area contributed by atoms with Crippen LogP contribution in [0.5, 0.6) is 0 Å². The first-order valence-corrected chi connectivity index (χ1v) is 5.74. The summed E-state index contributed by atoms with van der Waals surface area (Å²) in [6.07, 6.45) is 5.08. The van der Waals surface area contributed by atoms with E-state index in [2.05, 4.69) is 6.58 Å². The third-order valence-corrected chi connectivity index (χ3v) is 2.81. The molecule has 0 bridgehead atoms. The standard InChI is InChI=1S/C15H15ClO/c1-4-8-13(15(17)11(3)5-2)12-9-6-7-10-14(12)16/h4-10H,1H2,2-3H3/b11-5-,13-8-. The van der Waals surface area contributed by atoms with Gasteiger partial charge in [-0.1, -0.05) is 54.6 Å². The van der Waals surface area contributed by atoms with E-state index in [0.717, 1.165) is 5.56 Å². The summed E-state index contributed by atoms with van der Waals surface area (Å²) in [7, 11) is 0. The number of ketones is 1. The molecule has 1 aromatic rings. The van der Waals surface area contributed by atoms with Crippen molar-refractivity contribution in [2.45, 2.75) is 13.8 Å². The highest BCUT2D eigenvalue weighted by Gasteiger charge is 2.14. The summed E-state index contributed by atoms with van der Waals surface area (Å²) < 4.78 is 0. The fourth-order valence-electron chi connectivity index (χ4n) is 1.43. The SMILES string of the molecule is C=C/C=C(\C(=O)/C(C)=C\C)c1ccccc1Cl. The van der Waals surface area contributed by atoms with E-state index in [1.165, 1.54) is 0 Å². The summed E-state index contributed by atoms with van der Waals surface area (Å²) in [5.41, 5.74) is 2.00. The minimum absolute atomic E-state index is 0.0273. The van der Waals surface area contributed by atoms with Gasteiger partial charge >= 0.3 is 0 Å². The fraction of sp³-hybridized carbons (Fsp3) is 0.133. The first-order chi connectivity index (χ1) is 8.11. The van der Waals surface area contributed by atoms with Gasteiger partial charge in [0.2, 0.25) is 0 Å².